The van der Waals surface area contributed by atoms with Crippen molar-refractivity contribution in [2.24, 2.45) is 0 Å². The zero-order valence-corrected chi connectivity index (χ0v) is 16.9. The predicted octanol–water partition coefficient (Wildman–Crippen LogP) is 7.59. The monoisotopic (exact) mass is 340 g/mol. The van der Waals surface area contributed by atoms with Crippen molar-refractivity contribution in [2.75, 3.05) is 0 Å². The van der Waals surface area contributed by atoms with Gasteiger partial charge in [-0.05, 0) is 19.8 Å². The highest BCUT2D eigenvalue weighted by molar-refractivity contribution is 5.69. The lowest BCUT2D eigenvalue weighted by molar-refractivity contribution is -0.148. The first-order valence-corrected chi connectivity index (χ1v) is 10.9. The van der Waals surface area contributed by atoms with Crippen LogP contribution in [0.1, 0.15) is 130 Å². The second-order valence-electron chi connectivity index (χ2n) is 7.41. The molecular formula is C22H44O2. The first-order valence-electron chi connectivity index (χ1n) is 10.9. The van der Waals surface area contributed by atoms with Crippen LogP contribution in [-0.2, 0) is 9.53 Å². The molecule has 0 fully saturated rings. The molecule has 1 atom stereocenters. The number of hydrogen-bond acceptors (Lipinski definition) is 2. The molecule has 0 aliphatic heterocycles. The van der Waals surface area contributed by atoms with Crippen molar-refractivity contribution in [1.82, 2.24) is 0 Å². The third kappa shape index (κ3) is 17.8. The summed E-state index contributed by atoms with van der Waals surface area (Å²) >= 11 is 0. The van der Waals surface area contributed by atoms with Crippen molar-refractivity contribution in [2.45, 2.75) is 136 Å². The Morgan fingerprint density at radius 2 is 1.04 bits per heavy atom. The molecule has 0 saturated heterocycles. The fourth-order valence-electron chi connectivity index (χ4n) is 3.01. The molecule has 0 bridgehead atoms. The molecule has 0 aromatic heterocycles. The number of ether oxygens (including phenoxy) is 1. The maximum absolute atomic E-state index is 11.5. The highest BCUT2D eigenvalue weighted by atomic mass is 16.5. The molecule has 0 aromatic carbocycles. The Labute approximate surface area is 152 Å². The van der Waals surface area contributed by atoms with E-state index in [0.717, 1.165) is 12.8 Å². The van der Waals surface area contributed by atoms with Gasteiger partial charge in [-0.2, -0.15) is 0 Å². The lowest BCUT2D eigenvalue weighted by atomic mass is 10.0. The zero-order valence-electron chi connectivity index (χ0n) is 16.9. The molecule has 0 amide bonds. The molecule has 0 spiro atoms. The minimum Gasteiger partial charge on any atom is -0.463 e. The van der Waals surface area contributed by atoms with Gasteiger partial charge < -0.3 is 4.74 Å². The number of carbonyl (C=O) groups excluding carboxylic acids is 1. The van der Waals surface area contributed by atoms with E-state index >= 15 is 0 Å². The van der Waals surface area contributed by atoms with Gasteiger partial charge in [0.1, 0.15) is 0 Å². The molecule has 144 valence electrons. The van der Waals surface area contributed by atoms with Gasteiger partial charge in [-0.25, -0.2) is 0 Å². The van der Waals surface area contributed by atoms with Crippen LogP contribution in [0.5, 0.6) is 0 Å². The van der Waals surface area contributed by atoms with Crippen molar-refractivity contribution < 1.29 is 9.53 Å². The third-order valence-electron chi connectivity index (χ3n) is 4.89. The molecule has 0 aliphatic rings. The first-order chi connectivity index (χ1) is 11.7. The Morgan fingerprint density at radius 1 is 0.667 bits per heavy atom. The van der Waals surface area contributed by atoms with Gasteiger partial charge in [-0.3, -0.25) is 4.79 Å². The summed E-state index contributed by atoms with van der Waals surface area (Å²) in [6.07, 6.45) is 21.9. The van der Waals surface area contributed by atoms with Gasteiger partial charge in [0.25, 0.3) is 0 Å². The van der Waals surface area contributed by atoms with Crippen LogP contribution in [0.4, 0.5) is 0 Å². The smallest absolute Gasteiger partial charge is 0.306 e. The lowest BCUT2D eigenvalue weighted by Crippen LogP contribution is -2.13. The average molecular weight is 341 g/mol. The highest BCUT2D eigenvalue weighted by Crippen LogP contribution is 2.14. The second-order valence-corrected chi connectivity index (χ2v) is 7.41. The summed E-state index contributed by atoms with van der Waals surface area (Å²) in [6.45, 7) is 6.29. The number of unbranched alkanes of at least 4 members (excludes halogenated alkanes) is 14. The quantitative estimate of drug-likeness (QED) is 0.190. The molecule has 0 unspecified atom stereocenters. The van der Waals surface area contributed by atoms with E-state index in [9.17, 15) is 4.79 Å². The van der Waals surface area contributed by atoms with Gasteiger partial charge in [-0.1, -0.05) is 104 Å². The van der Waals surface area contributed by atoms with E-state index < -0.39 is 0 Å². The van der Waals surface area contributed by atoms with Crippen molar-refractivity contribution in [3.8, 4) is 0 Å². The van der Waals surface area contributed by atoms with Crippen LogP contribution in [0.3, 0.4) is 0 Å². The minimum absolute atomic E-state index is 0.0148. The summed E-state index contributed by atoms with van der Waals surface area (Å²) in [7, 11) is 0. The molecule has 0 saturated carbocycles. The van der Waals surface area contributed by atoms with Crippen LogP contribution >= 0.6 is 0 Å². The van der Waals surface area contributed by atoms with Gasteiger partial charge in [-0.15, -0.1) is 0 Å². The van der Waals surface area contributed by atoms with Crippen LogP contribution < -0.4 is 0 Å². The van der Waals surface area contributed by atoms with E-state index in [1.54, 1.807) is 0 Å². The lowest BCUT2D eigenvalue weighted by Gasteiger charge is -2.10. The second kappa shape index (κ2) is 18.8. The van der Waals surface area contributed by atoms with E-state index in [1.807, 2.05) is 13.8 Å². The topological polar surface area (TPSA) is 26.3 Å². The predicted molar refractivity (Wildman–Crippen MR) is 105 cm³/mol. The Balaban J connectivity index is 3.11. The number of rotatable bonds is 18. The summed E-state index contributed by atoms with van der Waals surface area (Å²) in [5.41, 5.74) is 0. The SMILES string of the molecule is CCCCCCCCCCCCCCCCCC(=O)O[C@@H](C)CC. The van der Waals surface area contributed by atoms with Crippen molar-refractivity contribution >= 4 is 5.97 Å². The summed E-state index contributed by atoms with van der Waals surface area (Å²) in [4.78, 5) is 11.5. The molecule has 2 heteroatoms. The zero-order chi connectivity index (χ0) is 17.9. The van der Waals surface area contributed by atoms with Gasteiger partial charge in [0.15, 0.2) is 0 Å². The van der Waals surface area contributed by atoms with Crippen LogP contribution in [0, 0.1) is 0 Å². The minimum atomic E-state index is -0.0148. The fourth-order valence-corrected chi connectivity index (χ4v) is 3.01. The summed E-state index contributed by atoms with van der Waals surface area (Å²) in [6, 6.07) is 0. The number of carbonyl (C=O) groups is 1. The Bertz CT molecular complexity index is 263. The van der Waals surface area contributed by atoms with E-state index in [2.05, 4.69) is 6.92 Å². The van der Waals surface area contributed by atoms with Gasteiger partial charge in [0, 0.05) is 6.42 Å². The molecule has 24 heavy (non-hydrogen) atoms. The molecule has 0 aromatic rings. The number of hydrogen-bond donors (Lipinski definition) is 0. The van der Waals surface area contributed by atoms with Crippen molar-refractivity contribution in [1.29, 1.82) is 0 Å². The first kappa shape index (κ1) is 23.5. The van der Waals surface area contributed by atoms with E-state index in [0.29, 0.717) is 6.42 Å². The Morgan fingerprint density at radius 3 is 1.42 bits per heavy atom. The highest BCUT2D eigenvalue weighted by Gasteiger charge is 2.06. The molecule has 0 heterocycles. The normalized spacial score (nSPS) is 12.3. The summed E-state index contributed by atoms with van der Waals surface area (Å²) < 4.78 is 5.28. The number of esters is 1. The molecular weight excluding hydrogens is 296 g/mol. The largest absolute Gasteiger partial charge is 0.463 e. The summed E-state index contributed by atoms with van der Waals surface area (Å²) in [5.74, 6) is -0.0148. The average Bonchev–Trinajstić information content (AvgIpc) is 2.58. The maximum Gasteiger partial charge on any atom is 0.306 e. The maximum atomic E-state index is 11.5. The van der Waals surface area contributed by atoms with E-state index in [-0.39, 0.29) is 12.1 Å². The van der Waals surface area contributed by atoms with Crippen molar-refractivity contribution in [3.63, 3.8) is 0 Å². The fraction of sp³-hybridized carbons (Fsp3) is 0.955. The molecule has 2 nitrogen and oxygen atoms in total. The Kier molecular flexibility index (Phi) is 18.4. The van der Waals surface area contributed by atoms with Crippen LogP contribution in [0.15, 0.2) is 0 Å². The van der Waals surface area contributed by atoms with Gasteiger partial charge in [0.05, 0.1) is 6.10 Å². The molecule has 0 aliphatic carbocycles. The van der Waals surface area contributed by atoms with Gasteiger partial charge in [0.2, 0.25) is 0 Å². The third-order valence-corrected chi connectivity index (χ3v) is 4.89. The van der Waals surface area contributed by atoms with Gasteiger partial charge >= 0.3 is 5.97 Å². The summed E-state index contributed by atoms with van der Waals surface area (Å²) in [5, 5.41) is 0. The van der Waals surface area contributed by atoms with Crippen LogP contribution in [0.2, 0.25) is 0 Å². The van der Waals surface area contributed by atoms with E-state index in [1.165, 1.54) is 89.9 Å². The van der Waals surface area contributed by atoms with E-state index in [4.69, 9.17) is 4.74 Å². The standard InChI is InChI=1S/C22H44O2/c1-4-6-7-8-9-10-11-12-13-14-15-16-17-18-19-20-22(23)24-21(3)5-2/h21H,4-20H2,1-3H3/t21-/m0/s1. The van der Waals surface area contributed by atoms with Crippen LogP contribution in [-0.4, -0.2) is 12.1 Å². The van der Waals surface area contributed by atoms with Crippen molar-refractivity contribution in [3.05, 3.63) is 0 Å². The van der Waals surface area contributed by atoms with Crippen LogP contribution in [0.25, 0.3) is 0 Å². The molecule has 0 N–H and O–H groups in total. The molecule has 0 rings (SSSR count). The molecule has 0 radical (unpaired) electrons. The Hall–Kier alpha value is -0.530.